The molecule has 1 aliphatic carbocycles. The molecular formula is C79H100N16O28. The number of carboxylic acids is 6. The quantitative estimate of drug-likeness (QED) is 0.0188. The summed E-state index contributed by atoms with van der Waals surface area (Å²) >= 11 is 0. The Morgan fingerprint density at radius 3 is 1.23 bits per heavy atom. The minimum Gasteiger partial charge on any atom is -0.502 e. The van der Waals surface area contributed by atoms with Crippen LogP contribution in [0.25, 0.3) is 10.9 Å². The van der Waals surface area contributed by atoms with Gasteiger partial charge in [-0.1, -0.05) is 24.3 Å². The van der Waals surface area contributed by atoms with Gasteiger partial charge in [-0.25, -0.2) is 14.4 Å². The number of carbonyl (C=O) groups is 14. The zero-order valence-corrected chi connectivity index (χ0v) is 67.7. The Labute approximate surface area is 699 Å². The van der Waals surface area contributed by atoms with E-state index in [2.05, 4.69) is 52.8 Å². The zero-order valence-electron chi connectivity index (χ0n) is 67.7. The van der Waals surface area contributed by atoms with Crippen LogP contribution in [0.2, 0.25) is 0 Å². The van der Waals surface area contributed by atoms with Crippen molar-refractivity contribution in [3.8, 4) is 23.0 Å². The third-order valence-electron chi connectivity index (χ3n) is 20.5. The number of urea groups is 1. The van der Waals surface area contributed by atoms with Crippen LogP contribution in [0.15, 0.2) is 79.8 Å². The van der Waals surface area contributed by atoms with Crippen molar-refractivity contribution < 1.29 is 118 Å². The first kappa shape index (κ1) is 96.1. The molecule has 1 saturated carbocycles. The molecular weight excluding hydrogens is 1620 g/mol. The molecule has 9 amide bonds. The van der Waals surface area contributed by atoms with E-state index in [-0.39, 0.29) is 139 Å². The van der Waals surface area contributed by atoms with E-state index in [1.165, 1.54) is 33.8 Å². The van der Waals surface area contributed by atoms with Crippen LogP contribution < -0.4 is 70.1 Å². The SMILES string of the molecule is Cc1cc(C(=O)NCCN(CCCN(CCNC(=O)c2cc(C)n(CC(=O)O)c(=O)c2O)CCNC(=O)c2cc(C)n(CC(=O)NCC3CCC(C(=O)N[C@@H](Cc4ccc5ccccc5n4)C(=O)NCCCC[C@H](NC(=O)N[C@@H](CCC(=O)O)C(=O)O)C(=O)O)CC3)c(=O)c2O)CCNC(=O)c2cc(C)n(CC(=O)O)c(=O)c2O)c(O)c(=O)n1CC(=O)O. The maximum Gasteiger partial charge on any atom is 0.326 e. The standard InChI is InChI=1S/C79H100N16O28/c1-42-32-50(63(105)73(115)92(42)38-58(96)85-37-46-13-15-48(16-14-46)67(109)87-57(36-49-18-17-47-10-5-6-11-54(47)86-49)72(114)80-21-8-7-12-55(77(119)120)88-79(123)89-56(78(121)122)19-20-59(97)98)68(110)81-22-28-90(29-23-82-69(111)51-33-43(2)93(39-60(99)100)74(116)64(51)106)26-9-27-91(30-24-83-70(112)52-34-44(3)94(40-61(101)102)75(117)65(52)107)31-25-84-71(113)53-35-45(4)95(41-62(103)104)76(118)66(53)108/h5-6,10-11,17-18,32-35,46,48,55-57,105-108H,7-9,12-16,19-31,36-41H2,1-4H3,(H,80,114)(H,81,110)(H,82,111)(H,83,112)(H,84,113)(H,85,96)(H,87,109)(H,97,98)(H,99,100)(H,101,102)(H,103,104)(H,119,120)(H,121,122)(H2,88,89,123)/t46?,48?,55-,56-,57-/m0/s1. The first-order chi connectivity index (χ1) is 58.2. The number of carbonyl (C=O) groups excluding carboxylic acids is 8. The van der Waals surface area contributed by atoms with E-state index in [9.17, 15) is 132 Å². The molecule has 0 unspecified atom stereocenters. The molecule has 1 aromatic carbocycles. The van der Waals surface area contributed by atoms with E-state index in [4.69, 9.17) is 5.11 Å². The number of benzene rings is 1. The Kier molecular flexibility index (Phi) is 35.4. The highest BCUT2D eigenvalue weighted by Gasteiger charge is 2.33. The number of para-hydroxylation sites is 1. The normalized spacial score (nSPS) is 13.8. The second-order valence-electron chi connectivity index (χ2n) is 29.4. The average Bonchev–Trinajstić information content (AvgIpc) is 0.814. The van der Waals surface area contributed by atoms with Crippen molar-refractivity contribution in [3.05, 3.63) is 153 Å². The van der Waals surface area contributed by atoms with Crippen molar-refractivity contribution in [1.29, 1.82) is 0 Å². The highest BCUT2D eigenvalue weighted by atomic mass is 16.4. The lowest BCUT2D eigenvalue weighted by Crippen LogP contribution is -2.51. The van der Waals surface area contributed by atoms with Crippen LogP contribution >= 0.6 is 0 Å². The molecule has 19 N–H and O–H groups in total. The molecule has 0 radical (unpaired) electrons. The van der Waals surface area contributed by atoms with E-state index in [1.54, 1.807) is 28.0 Å². The fraction of sp³-hybridized carbons (Fsp3) is 0.456. The summed E-state index contributed by atoms with van der Waals surface area (Å²) in [7, 11) is 0. The summed E-state index contributed by atoms with van der Waals surface area (Å²) in [5.74, 6) is -18.5. The number of nitrogens with one attached hydrogen (secondary N) is 9. The number of hydrogen-bond acceptors (Lipinski definition) is 25. The number of carboxylic acid groups (broad SMARTS) is 6. The van der Waals surface area contributed by atoms with Crippen molar-refractivity contribution in [2.75, 3.05) is 78.5 Å². The van der Waals surface area contributed by atoms with Crippen molar-refractivity contribution in [3.63, 3.8) is 0 Å². The number of aromatic nitrogens is 5. The van der Waals surface area contributed by atoms with Gasteiger partial charge in [0.1, 0.15) is 44.3 Å². The number of amides is 9. The molecule has 1 fully saturated rings. The summed E-state index contributed by atoms with van der Waals surface area (Å²) in [5.41, 5.74) is -5.07. The van der Waals surface area contributed by atoms with Crippen LogP contribution in [0.4, 0.5) is 4.79 Å². The van der Waals surface area contributed by atoms with Crippen molar-refractivity contribution >= 4 is 94.1 Å². The number of rotatable bonds is 47. The third-order valence-corrected chi connectivity index (χ3v) is 20.5. The Balaban J connectivity index is 0.966. The molecule has 5 aromatic heterocycles. The first-order valence-electron chi connectivity index (χ1n) is 39.1. The minimum absolute atomic E-state index is 0.0125. The molecule has 0 spiro atoms. The van der Waals surface area contributed by atoms with Gasteiger partial charge in [0.25, 0.3) is 45.9 Å². The lowest BCUT2D eigenvalue weighted by atomic mass is 9.81. The lowest BCUT2D eigenvalue weighted by Gasteiger charge is -2.29. The monoisotopic (exact) mass is 1720 g/mol. The molecule has 0 bridgehead atoms. The van der Waals surface area contributed by atoms with Gasteiger partial charge in [-0.05, 0) is 141 Å². The molecule has 0 saturated heterocycles. The van der Waals surface area contributed by atoms with Gasteiger partial charge >= 0.3 is 41.8 Å². The maximum absolute atomic E-state index is 14.0. The van der Waals surface area contributed by atoms with Crippen LogP contribution in [-0.4, -0.2) is 264 Å². The number of aliphatic carboxylic acids is 6. The van der Waals surface area contributed by atoms with Gasteiger partial charge in [-0.15, -0.1) is 0 Å². The number of aromatic hydroxyl groups is 4. The molecule has 6 aromatic rings. The van der Waals surface area contributed by atoms with Crippen LogP contribution in [0, 0.1) is 39.5 Å². The van der Waals surface area contributed by atoms with E-state index in [0.29, 0.717) is 36.9 Å². The lowest BCUT2D eigenvalue weighted by molar-refractivity contribution is -0.141. The van der Waals surface area contributed by atoms with Crippen molar-refractivity contribution in [2.24, 2.45) is 11.8 Å². The van der Waals surface area contributed by atoms with Gasteiger partial charge in [0.05, 0.1) is 27.8 Å². The fourth-order valence-electron chi connectivity index (χ4n) is 13.8. The molecule has 0 aliphatic heterocycles. The number of fused-ring (bicyclic) bond motifs is 1. The molecule has 44 nitrogen and oxygen atoms in total. The molecule has 3 atom stereocenters. The van der Waals surface area contributed by atoms with E-state index >= 15 is 0 Å². The molecule has 123 heavy (non-hydrogen) atoms. The third kappa shape index (κ3) is 28.0. The number of aryl methyl sites for hydroxylation is 4. The van der Waals surface area contributed by atoms with Crippen LogP contribution in [0.5, 0.6) is 23.0 Å². The van der Waals surface area contributed by atoms with E-state index in [0.717, 1.165) is 41.9 Å². The summed E-state index contributed by atoms with van der Waals surface area (Å²) in [6.07, 6.45) is 1.02. The summed E-state index contributed by atoms with van der Waals surface area (Å²) in [5, 5.41) is 123. The molecule has 1 aliphatic rings. The van der Waals surface area contributed by atoms with Crippen LogP contribution in [0.1, 0.15) is 134 Å². The number of nitrogens with zero attached hydrogens (tertiary/aromatic N) is 7. The molecule has 5 heterocycles. The fourth-order valence-corrected chi connectivity index (χ4v) is 13.8. The molecule has 664 valence electrons. The number of pyridine rings is 5. The summed E-state index contributed by atoms with van der Waals surface area (Å²) in [6, 6.07) is 10.0. The van der Waals surface area contributed by atoms with Gasteiger partial charge in [-0.2, -0.15) is 0 Å². The summed E-state index contributed by atoms with van der Waals surface area (Å²) in [6.45, 7) is 2.01. The van der Waals surface area contributed by atoms with Gasteiger partial charge in [0.15, 0.2) is 23.0 Å². The Hall–Kier alpha value is -14.1. The predicted molar refractivity (Wildman–Crippen MR) is 432 cm³/mol. The smallest absolute Gasteiger partial charge is 0.326 e. The second-order valence-corrected chi connectivity index (χ2v) is 29.4. The Bertz CT molecular complexity index is 5140. The van der Waals surface area contributed by atoms with Crippen LogP contribution in [0.3, 0.4) is 0 Å². The highest BCUT2D eigenvalue weighted by Crippen LogP contribution is 2.29. The van der Waals surface area contributed by atoms with Crippen LogP contribution in [-0.2, 0) is 75.8 Å². The molecule has 7 rings (SSSR count). The van der Waals surface area contributed by atoms with Gasteiger partial charge < -0.3 is 103 Å². The van der Waals surface area contributed by atoms with E-state index < -0.39 is 214 Å². The van der Waals surface area contributed by atoms with Crippen molar-refractivity contribution in [1.82, 2.24) is 80.9 Å². The summed E-state index contributed by atoms with van der Waals surface area (Å²) < 4.78 is 3.19. The van der Waals surface area contributed by atoms with Gasteiger partial charge in [0.2, 0.25) is 17.7 Å². The summed E-state index contributed by atoms with van der Waals surface area (Å²) in [4.78, 5) is 238. The Morgan fingerprint density at radius 1 is 0.431 bits per heavy atom. The molecule has 44 heteroatoms. The van der Waals surface area contributed by atoms with Gasteiger partial charge in [0, 0.05) is 118 Å². The van der Waals surface area contributed by atoms with Crippen molar-refractivity contribution in [2.45, 2.75) is 143 Å². The number of unbranched alkanes of at least 4 members (excludes halogenated alkanes) is 1. The maximum atomic E-state index is 14.0. The largest absolute Gasteiger partial charge is 0.502 e. The average molecular weight is 1720 g/mol. The number of hydrogen-bond donors (Lipinski definition) is 19. The minimum atomic E-state index is -1.60. The highest BCUT2D eigenvalue weighted by molar-refractivity contribution is 5.99. The zero-order chi connectivity index (χ0) is 90.6. The van der Waals surface area contributed by atoms with E-state index in [1.807, 2.05) is 18.2 Å². The van der Waals surface area contributed by atoms with Gasteiger partial charge in [-0.3, -0.25) is 100 Å². The second kappa shape index (κ2) is 45.4. The topological polar surface area (TPSA) is 657 Å². The first-order valence-corrected chi connectivity index (χ1v) is 39.1. The predicted octanol–water partition coefficient (Wildman–Crippen LogP) is -1.79. The Morgan fingerprint density at radius 2 is 0.829 bits per heavy atom.